The first kappa shape index (κ1) is 15.8. The van der Waals surface area contributed by atoms with E-state index in [1.54, 1.807) is 7.11 Å². The summed E-state index contributed by atoms with van der Waals surface area (Å²) in [5, 5.41) is 0. The van der Waals surface area contributed by atoms with Gasteiger partial charge in [0.25, 0.3) is 0 Å². The van der Waals surface area contributed by atoms with Crippen LogP contribution in [0.3, 0.4) is 0 Å². The Hall–Kier alpha value is 0.460. The van der Waals surface area contributed by atoms with Crippen LogP contribution in [0.25, 0.3) is 0 Å². The third-order valence-electron chi connectivity index (χ3n) is 0.588. The van der Waals surface area contributed by atoms with E-state index in [2.05, 4.69) is 10.2 Å². The van der Waals surface area contributed by atoms with Crippen LogP contribution in [0.1, 0.15) is 6.92 Å². The molecule has 0 rings (SSSR count). The van der Waals surface area contributed by atoms with E-state index in [4.69, 9.17) is 5.84 Å². The van der Waals surface area contributed by atoms with Crippen molar-refractivity contribution in [3.63, 3.8) is 0 Å². The fourth-order valence-corrected chi connectivity index (χ4v) is 0.0680. The van der Waals surface area contributed by atoms with E-state index in [0.29, 0.717) is 0 Å². The molecule has 8 heavy (non-hydrogen) atoms. The Morgan fingerprint density at radius 1 is 1.50 bits per heavy atom. The van der Waals surface area contributed by atoms with Gasteiger partial charge < -0.3 is 4.74 Å². The Balaban J connectivity index is -0.000000125. The van der Waals surface area contributed by atoms with Gasteiger partial charge in [0.1, 0.15) is 6.23 Å². The summed E-state index contributed by atoms with van der Waals surface area (Å²) >= 11 is 0. The van der Waals surface area contributed by atoms with Gasteiger partial charge >= 0.3 is 0 Å². The van der Waals surface area contributed by atoms with Gasteiger partial charge in [-0.2, -0.15) is 0 Å². The predicted molar refractivity (Wildman–Crippen MR) is 38.3 cm³/mol. The van der Waals surface area contributed by atoms with Gasteiger partial charge in [0.2, 0.25) is 0 Å². The zero-order valence-electron chi connectivity index (χ0n) is 4.88. The summed E-state index contributed by atoms with van der Waals surface area (Å²) in [6.07, 6.45) is -0.0370. The number of hydrazine groups is 1. The highest BCUT2D eigenvalue weighted by Gasteiger charge is 1.86. The zero-order valence-corrected chi connectivity index (χ0v) is 6.51. The van der Waals surface area contributed by atoms with E-state index in [0.717, 1.165) is 0 Å². The van der Waals surface area contributed by atoms with E-state index in [-0.39, 0.29) is 31.0 Å². The average molecular weight is 163 g/mol. The summed E-state index contributed by atoms with van der Waals surface area (Å²) < 4.78 is 4.66. The molecule has 1 atom stereocenters. The molecule has 0 amide bonds. The van der Waals surface area contributed by atoms with Gasteiger partial charge in [0.15, 0.2) is 0 Å². The minimum atomic E-state index is -0.0370. The van der Waals surface area contributed by atoms with E-state index in [9.17, 15) is 0 Å². The Morgan fingerprint density at radius 2 is 1.88 bits per heavy atom. The Morgan fingerprint density at radius 3 is 1.88 bits per heavy atom. The van der Waals surface area contributed by atoms with Crippen LogP contribution in [0.2, 0.25) is 0 Å². The lowest BCUT2D eigenvalue weighted by atomic mass is 10.7. The van der Waals surface area contributed by atoms with Crippen molar-refractivity contribution in [2.45, 2.75) is 13.2 Å². The fraction of sp³-hybridized carbons (Fsp3) is 1.00. The van der Waals surface area contributed by atoms with Gasteiger partial charge in [-0.05, 0) is 6.92 Å². The summed E-state index contributed by atoms with van der Waals surface area (Å²) in [5.41, 5.74) is 2.39. The maximum Gasteiger partial charge on any atom is 0.116 e. The maximum atomic E-state index is 4.91. The van der Waals surface area contributed by atoms with Crippen molar-refractivity contribution in [1.29, 1.82) is 0 Å². The molecule has 0 saturated carbocycles. The molecule has 0 heterocycles. The van der Waals surface area contributed by atoms with Crippen LogP contribution in [0.4, 0.5) is 0 Å². The lowest BCUT2D eigenvalue weighted by Crippen LogP contribution is -2.33. The number of methoxy groups -OCH3 is 1. The number of ether oxygens (including phenoxy) is 1. The number of rotatable bonds is 2. The SMILES string of the molecule is COC(C)NN.Cl.Cl. The largest absolute Gasteiger partial charge is 0.366 e. The second-order valence-electron chi connectivity index (χ2n) is 1.04. The molecule has 0 aromatic rings. The molecule has 0 fully saturated rings. The monoisotopic (exact) mass is 162 g/mol. The highest BCUT2D eigenvalue weighted by molar-refractivity contribution is 5.85. The molecule has 0 spiro atoms. The van der Waals surface area contributed by atoms with E-state index < -0.39 is 0 Å². The lowest BCUT2D eigenvalue weighted by Gasteiger charge is -2.03. The highest BCUT2D eigenvalue weighted by Crippen LogP contribution is 1.71. The van der Waals surface area contributed by atoms with Crippen molar-refractivity contribution >= 4 is 24.8 Å². The standard InChI is InChI=1S/C3H10N2O.2ClH/c1-3(5-4)6-2;;/h3,5H,4H2,1-2H3;2*1H. The van der Waals surface area contributed by atoms with Crippen molar-refractivity contribution in [3.8, 4) is 0 Å². The minimum absolute atomic E-state index is 0. The maximum absolute atomic E-state index is 4.91. The summed E-state index contributed by atoms with van der Waals surface area (Å²) in [5.74, 6) is 4.91. The van der Waals surface area contributed by atoms with Crippen LogP contribution in [0.15, 0.2) is 0 Å². The van der Waals surface area contributed by atoms with E-state index in [1.807, 2.05) is 6.92 Å². The van der Waals surface area contributed by atoms with Gasteiger partial charge in [0.05, 0.1) is 0 Å². The molecule has 0 aliphatic heterocycles. The molecule has 0 radical (unpaired) electrons. The molecular weight excluding hydrogens is 151 g/mol. The summed E-state index contributed by atoms with van der Waals surface area (Å²) in [4.78, 5) is 0. The summed E-state index contributed by atoms with van der Waals surface area (Å²) in [7, 11) is 1.59. The van der Waals surface area contributed by atoms with Crippen LogP contribution < -0.4 is 11.3 Å². The van der Waals surface area contributed by atoms with Gasteiger partial charge in [0, 0.05) is 7.11 Å². The number of nitrogens with two attached hydrogens (primary N) is 1. The van der Waals surface area contributed by atoms with Crippen LogP contribution in [0, 0.1) is 0 Å². The molecule has 3 N–H and O–H groups in total. The molecular formula is C3H12Cl2N2O. The number of hydrogen-bond acceptors (Lipinski definition) is 3. The van der Waals surface area contributed by atoms with Crippen molar-refractivity contribution < 1.29 is 4.74 Å². The Bertz CT molecular complexity index is 34.5. The van der Waals surface area contributed by atoms with Crippen molar-refractivity contribution in [3.05, 3.63) is 0 Å². The van der Waals surface area contributed by atoms with Gasteiger partial charge in [-0.25, -0.2) is 5.43 Å². The fourth-order valence-electron chi connectivity index (χ4n) is 0.0680. The topological polar surface area (TPSA) is 47.3 Å². The van der Waals surface area contributed by atoms with E-state index >= 15 is 0 Å². The Labute approximate surface area is 61.7 Å². The summed E-state index contributed by atoms with van der Waals surface area (Å²) in [6, 6.07) is 0. The zero-order chi connectivity index (χ0) is 4.99. The van der Waals surface area contributed by atoms with Crippen LogP contribution in [-0.2, 0) is 4.74 Å². The molecule has 0 aromatic carbocycles. The second kappa shape index (κ2) is 10.4. The predicted octanol–water partition coefficient (Wildman–Crippen LogP) is 0.286. The third-order valence-corrected chi connectivity index (χ3v) is 0.588. The number of hydrogen-bond donors (Lipinski definition) is 2. The van der Waals surface area contributed by atoms with E-state index in [1.165, 1.54) is 0 Å². The van der Waals surface area contributed by atoms with Crippen LogP contribution in [0.5, 0.6) is 0 Å². The number of halogens is 2. The van der Waals surface area contributed by atoms with Crippen LogP contribution in [-0.4, -0.2) is 13.3 Å². The van der Waals surface area contributed by atoms with Crippen molar-refractivity contribution in [2.24, 2.45) is 5.84 Å². The van der Waals surface area contributed by atoms with Gasteiger partial charge in [-0.3, -0.25) is 5.84 Å². The highest BCUT2D eigenvalue weighted by atomic mass is 35.5. The first-order valence-electron chi connectivity index (χ1n) is 1.80. The molecule has 3 nitrogen and oxygen atoms in total. The molecule has 1 unspecified atom stereocenters. The second-order valence-corrected chi connectivity index (χ2v) is 1.04. The average Bonchev–Trinajstić information content (AvgIpc) is 1.65. The summed E-state index contributed by atoms with van der Waals surface area (Å²) in [6.45, 7) is 1.82. The first-order valence-corrected chi connectivity index (χ1v) is 1.80. The Kier molecular flexibility index (Phi) is 20.6. The third kappa shape index (κ3) is 9.68. The minimum Gasteiger partial charge on any atom is -0.366 e. The molecule has 0 saturated heterocycles. The molecule has 54 valence electrons. The van der Waals surface area contributed by atoms with Crippen molar-refractivity contribution in [2.75, 3.05) is 7.11 Å². The molecule has 0 aliphatic carbocycles. The lowest BCUT2D eigenvalue weighted by molar-refractivity contribution is 0.0899. The van der Waals surface area contributed by atoms with Crippen LogP contribution >= 0.6 is 24.8 Å². The molecule has 5 heteroatoms. The smallest absolute Gasteiger partial charge is 0.116 e. The number of nitrogens with one attached hydrogen (secondary N) is 1. The quantitative estimate of drug-likeness (QED) is 0.349. The first-order chi connectivity index (χ1) is 2.81. The molecule has 0 aliphatic rings. The normalized spacial score (nSPS) is 10.9. The molecule has 0 bridgehead atoms. The molecule has 0 aromatic heterocycles. The van der Waals surface area contributed by atoms with Crippen molar-refractivity contribution in [1.82, 2.24) is 5.43 Å². The van der Waals surface area contributed by atoms with Gasteiger partial charge in [-0.15, -0.1) is 24.8 Å². The van der Waals surface area contributed by atoms with Gasteiger partial charge in [-0.1, -0.05) is 0 Å².